The molecule has 1 atom stereocenters. The van der Waals surface area contributed by atoms with Crippen LogP contribution in [0.5, 0.6) is 0 Å². The van der Waals surface area contributed by atoms with Crippen LogP contribution in [0.4, 0.5) is 4.39 Å². The number of nitrogens with zero attached hydrogens (tertiary/aromatic N) is 2. The molecule has 0 amide bonds. The van der Waals surface area contributed by atoms with Gasteiger partial charge in [-0.05, 0) is 44.2 Å². The van der Waals surface area contributed by atoms with E-state index in [0.29, 0.717) is 10.8 Å². The number of carbonyl (C=O) groups excluding carboxylic acids is 1. The zero-order valence-electron chi connectivity index (χ0n) is 14.3. The van der Waals surface area contributed by atoms with Crippen LogP contribution in [0.2, 0.25) is 0 Å². The Morgan fingerprint density at radius 1 is 1.23 bits per heavy atom. The van der Waals surface area contributed by atoms with Crippen LogP contribution >= 0.6 is 11.8 Å². The summed E-state index contributed by atoms with van der Waals surface area (Å²) in [6.07, 6.45) is -0.665. The number of aromatic nitrogens is 2. The van der Waals surface area contributed by atoms with Gasteiger partial charge >= 0.3 is 5.97 Å². The fraction of sp³-hybridized carbons (Fsp3) is 0.211. The first kappa shape index (κ1) is 18.1. The summed E-state index contributed by atoms with van der Waals surface area (Å²) in [5, 5.41) is 7.94. The van der Waals surface area contributed by atoms with Crippen LogP contribution in [0.3, 0.4) is 0 Å². The molecular weight excluding hydrogens is 355 g/mol. The Balaban J connectivity index is 1.56. The summed E-state index contributed by atoms with van der Waals surface area (Å²) < 4.78 is 24.0. The van der Waals surface area contributed by atoms with E-state index < -0.39 is 12.1 Å². The molecule has 0 saturated heterocycles. The topological polar surface area (TPSA) is 65.2 Å². The van der Waals surface area contributed by atoms with E-state index in [0.717, 1.165) is 11.1 Å². The highest BCUT2D eigenvalue weighted by Crippen LogP contribution is 2.24. The largest absolute Gasteiger partial charge is 0.452 e. The van der Waals surface area contributed by atoms with E-state index in [-0.39, 0.29) is 17.5 Å². The second-order valence-corrected chi connectivity index (χ2v) is 6.74. The summed E-state index contributed by atoms with van der Waals surface area (Å²) in [4.78, 5) is 12.6. The summed E-state index contributed by atoms with van der Waals surface area (Å²) in [6, 6.07) is 13.7. The molecule has 7 heteroatoms. The fourth-order valence-corrected chi connectivity index (χ4v) is 2.92. The lowest BCUT2D eigenvalue weighted by molar-refractivity contribution is -0.146. The monoisotopic (exact) mass is 372 g/mol. The molecule has 0 aliphatic rings. The maximum Gasteiger partial charge on any atom is 0.317 e. The van der Waals surface area contributed by atoms with Gasteiger partial charge in [-0.1, -0.05) is 23.8 Å². The van der Waals surface area contributed by atoms with E-state index in [9.17, 15) is 9.18 Å². The van der Waals surface area contributed by atoms with Crippen LogP contribution in [0.25, 0.3) is 11.5 Å². The lowest BCUT2D eigenvalue weighted by atomic mass is 10.1. The summed E-state index contributed by atoms with van der Waals surface area (Å²) in [5.74, 6) is -0.123. The average molecular weight is 372 g/mol. The highest BCUT2D eigenvalue weighted by molar-refractivity contribution is 8.00. The Morgan fingerprint density at radius 3 is 2.73 bits per heavy atom. The highest BCUT2D eigenvalue weighted by Gasteiger charge is 2.19. The first-order valence-electron chi connectivity index (χ1n) is 7.99. The van der Waals surface area contributed by atoms with Gasteiger partial charge in [0.2, 0.25) is 5.89 Å². The second kappa shape index (κ2) is 8.14. The minimum Gasteiger partial charge on any atom is -0.452 e. The predicted molar refractivity (Wildman–Crippen MR) is 96.1 cm³/mol. The number of aryl methyl sites for hydroxylation is 1. The maximum atomic E-state index is 13.1. The molecule has 5 nitrogen and oxygen atoms in total. The molecule has 1 unspecified atom stereocenters. The first-order valence-corrected chi connectivity index (χ1v) is 8.98. The van der Waals surface area contributed by atoms with Crippen LogP contribution in [-0.4, -0.2) is 21.9 Å². The van der Waals surface area contributed by atoms with Crippen LogP contribution in [0.15, 0.2) is 57.8 Å². The molecule has 0 fully saturated rings. The van der Waals surface area contributed by atoms with Gasteiger partial charge in [0.1, 0.15) is 5.82 Å². The van der Waals surface area contributed by atoms with Crippen LogP contribution < -0.4 is 0 Å². The number of halogens is 1. The third-order valence-corrected chi connectivity index (χ3v) is 4.52. The van der Waals surface area contributed by atoms with Crippen LogP contribution in [-0.2, 0) is 9.53 Å². The van der Waals surface area contributed by atoms with Crippen molar-refractivity contribution in [3.05, 3.63) is 65.8 Å². The normalized spacial score (nSPS) is 12.0. The Labute approximate surface area is 154 Å². The number of carbonyl (C=O) groups is 1. The first-order chi connectivity index (χ1) is 12.5. The maximum absolute atomic E-state index is 13.1. The number of ether oxygens (including phenoxy) is 1. The van der Waals surface area contributed by atoms with Crippen molar-refractivity contribution in [2.75, 3.05) is 5.75 Å². The molecule has 0 bridgehead atoms. The molecule has 0 spiro atoms. The number of rotatable bonds is 6. The molecule has 0 saturated carbocycles. The molecule has 2 aromatic carbocycles. The third-order valence-electron chi connectivity index (χ3n) is 3.55. The number of hydrogen-bond acceptors (Lipinski definition) is 6. The van der Waals surface area contributed by atoms with Gasteiger partial charge in [0.25, 0.3) is 5.89 Å². The summed E-state index contributed by atoms with van der Waals surface area (Å²) in [5.41, 5.74) is 1.93. The molecule has 134 valence electrons. The molecule has 1 heterocycles. The standard InChI is InChI=1S/C19H17FN2O3S/c1-12-6-8-14(9-7-12)19-22-21-18(25-19)13(2)24-17(23)11-26-16-5-3-4-15(20)10-16/h3-10,13H,11H2,1-2H3. The van der Waals surface area contributed by atoms with Crippen molar-refractivity contribution in [2.45, 2.75) is 24.8 Å². The summed E-state index contributed by atoms with van der Waals surface area (Å²) in [6.45, 7) is 3.66. The van der Waals surface area contributed by atoms with Crippen molar-refractivity contribution < 1.29 is 18.3 Å². The zero-order valence-corrected chi connectivity index (χ0v) is 15.1. The van der Waals surface area contributed by atoms with Crippen molar-refractivity contribution in [3.63, 3.8) is 0 Å². The number of benzene rings is 2. The SMILES string of the molecule is Cc1ccc(-c2nnc(C(C)OC(=O)CSc3cccc(F)c3)o2)cc1. The van der Waals surface area contributed by atoms with E-state index in [4.69, 9.17) is 9.15 Å². The molecule has 0 aliphatic carbocycles. The van der Waals surface area contributed by atoms with E-state index in [1.54, 1.807) is 19.1 Å². The van der Waals surface area contributed by atoms with E-state index in [1.807, 2.05) is 31.2 Å². The van der Waals surface area contributed by atoms with Gasteiger partial charge in [-0.15, -0.1) is 22.0 Å². The van der Waals surface area contributed by atoms with Gasteiger partial charge < -0.3 is 9.15 Å². The Kier molecular flexibility index (Phi) is 5.68. The highest BCUT2D eigenvalue weighted by atomic mass is 32.2. The number of thioether (sulfide) groups is 1. The molecule has 3 aromatic rings. The van der Waals surface area contributed by atoms with Crippen LogP contribution in [0, 0.1) is 12.7 Å². The third kappa shape index (κ3) is 4.70. The zero-order chi connectivity index (χ0) is 18.5. The van der Waals surface area contributed by atoms with Gasteiger partial charge in [0.05, 0.1) is 5.75 Å². The van der Waals surface area contributed by atoms with E-state index in [2.05, 4.69) is 10.2 Å². The molecule has 3 rings (SSSR count). The fourth-order valence-electron chi connectivity index (χ4n) is 2.19. The summed E-state index contributed by atoms with van der Waals surface area (Å²) in [7, 11) is 0. The lowest BCUT2D eigenvalue weighted by Crippen LogP contribution is -2.11. The molecule has 0 aliphatic heterocycles. The van der Waals surface area contributed by atoms with Gasteiger partial charge in [-0.2, -0.15) is 0 Å². The Hall–Kier alpha value is -2.67. The minimum absolute atomic E-state index is 0.0623. The molecule has 0 radical (unpaired) electrons. The molecule has 26 heavy (non-hydrogen) atoms. The van der Waals surface area contributed by atoms with Crippen LogP contribution in [0.1, 0.15) is 24.5 Å². The summed E-state index contributed by atoms with van der Waals surface area (Å²) >= 11 is 1.20. The van der Waals surface area contributed by atoms with Gasteiger partial charge in [0.15, 0.2) is 6.10 Å². The van der Waals surface area contributed by atoms with Gasteiger partial charge in [-0.3, -0.25) is 4.79 Å². The average Bonchev–Trinajstić information content (AvgIpc) is 3.11. The number of esters is 1. The number of hydrogen-bond donors (Lipinski definition) is 0. The predicted octanol–water partition coefficient (Wildman–Crippen LogP) is 4.58. The van der Waals surface area contributed by atoms with Crippen molar-refractivity contribution >= 4 is 17.7 Å². The van der Waals surface area contributed by atoms with E-state index in [1.165, 1.54) is 23.9 Å². The van der Waals surface area contributed by atoms with Crippen molar-refractivity contribution in [3.8, 4) is 11.5 Å². The Bertz CT molecular complexity index is 896. The Morgan fingerprint density at radius 2 is 2.00 bits per heavy atom. The van der Waals surface area contributed by atoms with E-state index >= 15 is 0 Å². The van der Waals surface area contributed by atoms with Gasteiger partial charge in [0, 0.05) is 10.5 Å². The minimum atomic E-state index is -0.665. The molecule has 0 N–H and O–H groups in total. The smallest absolute Gasteiger partial charge is 0.317 e. The van der Waals surface area contributed by atoms with Gasteiger partial charge in [-0.25, -0.2) is 4.39 Å². The molecule has 1 aromatic heterocycles. The molecular formula is C19H17FN2O3S. The lowest BCUT2D eigenvalue weighted by Gasteiger charge is -2.09. The second-order valence-electron chi connectivity index (χ2n) is 5.69. The van der Waals surface area contributed by atoms with Crippen molar-refractivity contribution in [1.29, 1.82) is 0 Å². The van der Waals surface area contributed by atoms with Crippen molar-refractivity contribution in [2.24, 2.45) is 0 Å². The van der Waals surface area contributed by atoms with Crippen molar-refractivity contribution in [1.82, 2.24) is 10.2 Å². The quantitative estimate of drug-likeness (QED) is 0.466.